The molecule has 1 aromatic rings. The van der Waals surface area contributed by atoms with Crippen LogP contribution >= 0.6 is 0 Å². The summed E-state index contributed by atoms with van der Waals surface area (Å²) in [7, 11) is 0. The third-order valence-corrected chi connectivity index (χ3v) is 4.77. The van der Waals surface area contributed by atoms with Crippen molar-refractivity contribution in [3.63, 3.8) is 0 Å². The second-order valence-corrected chi connectivity index (χ2v) is 6.36. The van der Waals surface area contributed by atoms with E-state index in [4.69, 9.17) is 4.74 Å². The van der Waals surface area contributed by atoms with E-state index in [-0.39, 0.29) is 0 Å². The van der Waals surface area contributed by atoms with Crippen LogP contribution in [0.15, 0.2) is 24.3 Å². The van der Waals surface area contributed by atoms with Gasteiger partial charge in [-0.3, -0.25) is 0 Å². The molecule has 2 nitrogen and oxygen atoms in total. The standard InChI is InChI=1S/C18H27NO/c1-3-7-16(8-4-1)15-20-18-11-9-17(10-12-18)19-13-5-2-6-14-19/h9-12,16H,1-8,13-15H2. The second kappa shape index (κ2) is 7.01. The van der Waals surface area contributed by atoms with E-state index in [2.05, 4.69) is 29.2 Å². The average Bonchev–Trinajstić information content (AvgIpc) is 2.55. The van der Waals surface area contributed by atoms with Crippen molar-refractivity contribution in [2.45, 2.75) is 51.4 Å². The molecule has 2 fully saturated rings. The number of hydrogen-bond acceptors (Lipinski definition) is 2. The van der Waals surface area contributed by atoms with Gasteiger partial charge in [-0.05, 0) is 62.3 Å². The lowest BCUT2D eigenvalue weighted by Crippen LogP contribution is -2.29. The number of hydrogen-bond donors (Lipinski definition) is 0. The first kappa shape index (κ1) is 13.8. The molecule has 2 aliphatic rings. The van der Waals surface area contributed by atoms with E-state index < -0.39 is 0 Å². The lowest BCUT2D eigenvalue weighted by atomic mass is 9.90. The fraction of sp³-hybridized carbons (Fsp3) is 0.667. The van der Waals surface area contributed by atoms with Gasteiger partial charge in [-0.25, -0.2) is 0 Å². The van der Waals surface area contributed by atoms with Crippen molar-refractivity contribution in [2.24, 2.45) is 5.92 Å². The highest BCUT2D eigenvalue weighted by Gasteiger charge is 2.14. The minimum Gasteiger partial charge on any atom is -0.493 e. The van der Waals surface area contributed by atoms with E-state index in [0.29, 0.717) is 0 Å². The lowest BCUT2D eigenvalue weighted by molar-refractivity contribution is 0.209. The molecule has 0 atom stereocenters. The monoisotopic (exact) mass is 273 g/mol. The van der Waals surface area contributed by atoms with Crippen LogP contribution < -0.4 is 9.64 Å². The van der Waals surface area contributed by atoms with Crippen molar-refractivity contribution in [2.75, 3.05) is 24.6 Å². The zero-order valence-corrected chi connectivity index (χ0v) is 12.5. The van der Waals surface area contributed by atoms with Crippen LogP contribution in [0.2, 0.25) is 0 Å². The Morgan fingerprint density at radius 2 is 1.50 bits per heavy atom. The first-order valence-corrected chi connectivity index (χ1v) is 8.39. The molecular weight excluding hydrogens is 246 g/mol. The van der Waals surface area contributed by atoms with E-state index in [1.54, 1.807) is 0 Å². The Hall–Kier alpha value is -1.18. The highest BCUT2D eigenvalue weighted by atomic mass is 16.5. The van der Waals surface area contributed by atoms with Gasteiger partial charge in [-0.2, -0.15) is 0 Å². The summed E-state index contributed by atoms with van der Waals surface area (Å²) in [6.45, 7) is 3.33. The smallest absolute Gasteiger partial charge is 0.119 e. The van der Waals surface area contributed by atoms with Crippen LogP contribution in [0.3, 0.4) is 0 Å². The van der Waals surface area contributed by atoms with E-state index in [1.165, 1.54) is 70.1 Å². The quantitative estimate of drug-likeness (QED) is 0.792. The summed E-state index contributed by atoms with van der Waals surface area (Å²) in [5.41, 5.74) is 1.36. The minimum absolute atomic E-state index is 0.783. The number of anilines is 1. The van der Waals surface area contributed by atoms with E-state index in [9.17, 15) is 0 Å². The number of piperidine rings is 1. The Morgan fingerprint density at radius 3 is 2.20 bits per heavy atom. The van der Waals surface area contributed by atoms with Crippen LogP contribution in [0.25, 0.3) is 0 Å². The maximum atomic E-state index is 5.97. The van der Waals surface area contributed by atoms with Crippen molar-refractivity contribution in [1.29, 1.82) is 0 Å². The predicted molar refractivity (Wildman–Crippen MR) is 84.6 cm³/mol. The van der Waals surface area contributed by atoms with Gasteiger partial charge in [0.2, 0.25) is 0 Å². The van der Waals surface area contributed by atoms with E-state index >= 15 is 0 Å². The molecule has 0 spiro atoms. The molecule has 3 rings (SSSR count). The van der Waals surface area contributed by atoms with Gasteiger partial charge < -0.3 is 9.64 Å². The van der Waals surface area contributed by atoms with Gasteiger partial charge in [-0.1, -0.05) is 19.3 Å². The van der Waals surface area contributed by atoms with Crippen LogP contribution in [-0.2, 0) is 0 Å². The maximum Gasteiger partial charge on any atom is 0.119 e. The van der Waals surface area contributed by atoms with Crippen LogP contribution in [-0.4, -0.2) is 19.7 Å². The van der Waals surface area contributed by atoms with Gasteiger partial charge in [0.25, 0.3) is 0 Å². The number of rotatable bonds is 4. The molecule has 110 valence electrons. The predicted octanol–water partition coefficient (Wildman–Crippen LogP) is 4.64. The summed E-state index contributed by atoms with van der Waals surface area (Å²) >= 11 is 0. The number of ether oxygens (including phenoxy) is 1. The van der Waals surface area contributed by atoms with Crippen molar-refractivity contribution >= 4 is 5.69 Å². The van der Waals surface area contributed by atoms with Crippen LogP contribution in [0.5, 0.6) is 5.75 Å². The molecule has 20 heavy (non-hydrogen) atoms. The van der Waals surface area contributed by atoms with Gasteiger partial charge in [-0.15, -0.1) is 0 Å². The number of nitrogens with zero attached hydrogens (tertiary/aromatic N) is 1. The molecule has 0 unspecified atom stereocenters. The number of benzene rings is 1. The molecule has 1 aliphatic heterocycles. The summed E-state index contributed by atoms with van der Waals surface area (Å²) in [4.78, 5) is 2.49. The summed E-state index contributed by atoms with van der Waals surface area (Å²) in [5.74, 6) is 1.82. The molecule has 0 bridgehead atoms. The Bertz CT molecular complexity index is 388. The molecule has 0 amide bonds. The van der Waals surface area contributed by atoms with E-state index in [1.807, 2.05) is 0 Å². The molecule has 0 radical (unpaired) electrons. The van der Waals surface area contributed by atoms with Crippen molar-refractivity contribution in [3.05, 3.63) is 24.3 Å². The van der Waals surface area contributed by atoms with Gasteiger partial charge >= 0.3 is 0 Å². The second-order valence-electron chi connectivity index (χ2n) is 6.36. The van der Waals surface area contributed by atoms with Gasteiger partial charge in [0.15, 0.2) is 0 Å². The Balaban J connectivity index is 1.50. The third kappa shape index (κ3) is 3.68. The van der Waals surface area contributed by atoms with E-state index in [0.717, 1.165) is 18.3 Å². The highest BCUT2D eigenvalue weighted by molar-refractivity contribution is 5.49. The molecule has 2 heteroatoms. The fourth-order valence-electron chi connectivity index (χ4n) is 3.47. The molecule has 1 aliphatic carbocycles. The van der Waals surface area contributed by atoms with Gasteiger partial charge in [0, 0.05) is 18.8 Å². The Labute approximate surface area is 123 Å². The molecule has 1 heterocycles. The zero-order valence-electron chi connectivity index (χ0n) is 12.5. The summed E-state index contributed by atoms with van der Waals surface area (Å²) in [5, 5.41) is 0. The van der Waals surface area contributed by atoms with Crippen molar-refractivity contribution in [1.82, 2.24) is 0 Å². The van der Waals surface area contributed by atoms with Crippen LogP contribution in [0.1, 0.15) is 51.4 Å². The molecule has 0 aromatic heterocycles. The molecule has 1 saturated carbocycles. The Morgan fingerprint density at radius 1 is 0.850 bits per heavy atom. The summed E-state index contributed by atoms with van der Waals surface area (Å²) in [6, 6.07) is 8.74. The first-order chi connectivity index (χ1) is 9.92. The first-order valence-electron chi connectivity index (χ1n) is 8.39. The molecule has 0 N–H and O–H groups in total. The topological polar surface area (TPSA) is 12.5 Å². The summed E-state index contributed by atoms with van der Waals surface area (Å²) in [6.07, 6.45) is 11.0. The van der Waals surface area contributed by atoms with Crippen LogP contribution in [0.4, 0.5) is 5.69 Å². The van der Waals surface area contributed by atoms with Crippen LogP contribution in [0, 0.1) is 5.92 Å². The third-order valence-electron chi connectivity index (χ3n) is 4.77. The largest absolute Gasteiger partial charge is 0.493 e. The fourth-order valence-corrected chi connectivity index (χ4v) is 3.47. The lowest BCUT2D eigenvalue weighted by Gasteiger charge is -2.29. The normalized spacial score (nSPS) is 20.9. The van der Waals surface area contributed by atoms with Crippen molar-refractivity contribution < 1.29 is 4.74 Å². The zero-order chi connectivity index (χ0) is 13.6. The summed E-state index contributed by atoms with van der Waals surface area (Å²) < 4.78 is 5.97. The van der Waals surface area contributed by atoms with Gasteiger partial charge in [0.1, 0.15) is 5.75 Å². The average molecular weight is 273 g/mol. The molecule has 1 aromatic carbocycles. The highest BCUT2D eigenvalue weighted by Crippen LogP contribution is 2.26. The molecular formula is C18H27NO. The van der Waals surface area contributed by atoms with Crippen molar-refractivity contribution in [3.8, 4) is 5.75 Å². The minimum atomic E-state index is 0.783. The molecule has 1 saturated heterocycles. The van der Waals surface area contributed by atoms with Gasteiger partial charge in [0.05, 0.1) is 6.61 Å². The maximum absolute atomic E-state index is 5.97. The Kier molecular flexibility index (Phi) is 4.83. The SMILES string of the molecule is c1cc(N2CCCCC2)ccc1OCC1CCCCC1.